The maximum Gasteiger partial charge on any atom is 0.309 e. The van der Waals surface area contributed by atoms with Gasteiger partial charge in [0, 0.05) is 13.6 Å². The molecule has 1 unspecified atom stereocenters. The van der Waals surface area contributed by atoms with E-state index in [1.807, 2.05) is 6.92 Å². The zero-order valence-electron chi connectivity index (χ0n) is 15.0. The lowest BCUT2D eigenvalue weighted by atomic mass is 10.2. The topological polar surface area (TPSA) is 137 Å². The number of hydrogen-bond acceptors (Lipinski definition) is 6. The van der Waals surface area contributed by atoms with E-state index in [2.05, 4.69) is 20.8 Å². The fourth-order valence-electron chi connectivity index (χ4n) is 2.45. The van der Waals surface area contributed by atoms with Crippen molar-refractivity contribution < 1.29 is 14.5 Å². The Kier molecular flexibility index (Phi) is 5.70. The predicted molar refractivity (Wildman–Crippen MR) is 92.8 cm³/mol. The third kappa shape index (κ3) is 3.71. The molecule has 2 aromatic rings. The lowest BCUT2D eigenvalue weighted by Crippen LogP contribution is -2.29. The van der Waals surface area contributed by atoms with Gasteiger partial charge in [-0.3, -0.25) is 29.1 Å². The van der Waals surface area contributed by atoms with E-state index in [9.17, 15) is 19.7 Å². The summed E-state index contributed by atoms with van der Waals surface area (Å²) < 4.78 is 2.63. The van der Waals surface area contributed by atoms with Crippen molar-refractivity contribution in [3.63, 3.8) is 0 Å². The van der Waals surface area contributed by atoms with Gasteiger partial charge < -0.3 is 10.6 Å². The summed E-state index contributed by atoms with van der Waals surface area (Å²) in [7, 11) is 1.60. The van der Waals surface area contributed by atoms with Crippen LogP contribution in [0.15, 0.2) is 12.4 Å². The summed E-state index contributed by atoms with van der Waals surface area (Å²) in [5.74, 6) is -0.815. The molecule has 2 amide bonds. The molecule has 2 aromatic heterocycles. The maximum atomic E-state index is 12.5. The highest BCUT2D eigenvalue weighted by Gasteiger charge is 2.25. The first-order chi connectivity index (χ1) is 12.3. The van der Waals surface area contributed by atoms with Gasteiger partial charge in [0.25, 0.3) is 5.91 Å². The second-order valence-corrected chi connectivity index (χ2v) is 5.77. The fourth-order valence-corrected chi connectivity index (χ4v) is 2.45. The molecule has 0 aromatic carbocycles. The summed E-state index contributed by atoms with van der Waals surface area (Å²) in [5.41, 5.74) is 0.592. The Morgan fingerprint density at radius 3 is 2.62 bits per heavy atom. The number of carbonyl (C=O) groups excluding carboxylic acids is 2. The number of anilines is 1. The smallest absolute Gasteiger partial charge is 0.309 e. The molecule has 0 saturated heterocycles. The standard InChI is InChI=1S/C15H21N7O4/c1-5-6-16-15(24)13-11(7-17-20(13)4)19-14(23)10(3)21-9(2)12(8-18-21)22(25)26/h7-8,10H,5-6H2,1-4H3,(H,16,24)(H,19,23). The van der Waals surface area contributed by atoms with Crippen LogP contribution in [-0.4, -0.2) is 42.8 Å². The summed E-state index contributed by atoms with van der Waals surface area (Å²) >= 11 is 0. The second kappa shape index (κ2) is 7.76. The van der Waals surface area contributed by atoms with E-state index < -0.39 is 16.9 Å². The van der Waals surface area contributed by atoms with Crippen LogP contribution in [-0.2, 0) is 11.8 Å². The molecule has 0 fully saturated rings. The van der Waals surface area contributed by atoms with Crippen molar-refractivity contribution in [2.75, 3.05) is 11.9 Å². The summed E-state index contributed by atoms with van der Waals surface area (Å²) in [5, 5.41) is 24.2. The third-order valence-corrected chi connectivity index (χ3v) is 3.91. The van der Waals surface area contributed by atoms with Crippen molar-refractivity contribution in [3.05, 3.63) is 33.9 Å². The molecule has 11 heteroatoms. The van der Waals surface area contributed by atoms with Gasteiger partial charge in [0.05, 0.1) is 16.8 Å². The predicted octanol–water partition coefficient (Wildman–Crippen LogP) is 1.17. The number of nitrogens with zero attached hydrogens (tertiary/aromatic N) is 5. The number of nitrogens with one attached hydrogen (secondary N) is 2. The number of aryl methyl sites for hydroxylation is 1. The number of aromatic nitrogens is 4. The molecule has 0 aliphatic carbocycles. The lowest BCUT2D eigenvalue weighted by molar-refractivity contribution is -0.385. The van der Waals surface area contributed by atoms with Crippen molar-refractivity contribution in [1.82, 2.24) is 24.9 Å². The molecule has 2 N–H and O–H groups in total. The van der Waals surface area contributed by atoms with E-state index in [1.54, 1.807) is 14.0 Å². The highest BCUT2D eigenvalue weighted by atomic mass is 16.6. The molecule has 0 radical (unpaired) electrons. The number of hydrogen-bond donors (Lipinski definition) is 2. The van der Waals surface area contributed by atoms with Crippen LogP contribution in [0.4, 0.5) is 11.4 Å². The molecule has 0 aliphatic heterocycles. The first kappa shape index (κ1) is 19.1. The van der Waals surface area contributed by atoms with Gasteiger partial charge in [-0.1, -0.05) is 6.92 Å². The minimum atomic E-state index is -0.810. The number of nitro groups is 1. The Labute approximate surface area is 149 Å². The van der Waals surface area contributed by atoms with E-state index in [4.69, 9.17) is 0 Å². The van der Waals surface area contributed by atoms with Crippen molar-refractivity contribution in [2.24, 2.45) is 7.05 Å². The SMILES string of the molecule is CCCNC(=O)c1c(NC(=O)C(C)n2ncc([N+](=O)[O-])c2C)cnn1C. The van der Waals surface area contributed by atoms with Crippen molar-refractivity contribution in [3.8, 4) is 0 Å². The average Bonchev–Trinajstić information content (AvgIpc) is 3.15. The van der Waals surface area contributed by atoms with Crippen LogP contribution >= 0.6 is 0 Å². The lowest BCUT2D eigenvalue weighted by Gasteiger charge is -2.14. The molecule has 11 nitrogen and oxygen atoms in total. The summed E-state index contributed by atoms with van der Waals surface area (Å²) in [6.45, 7) is 5.51. The van der Waals surface area contributed by atoms with Crippen molar-refractivity contribution in [2.45, 2.75) is 33.2 Å². The van der Waals surface area contributed by atoms with Gasteiger partial charge >= 0.3 is 5.69 Å². The van der Waals surface area contributed by atoms with Crippen LogP contribution in [0, 0.1) is 17.0 Å². The Hall–Kier alpha value is -3.24. The quantitative estimate of drug-likeness (QED) is 0.559. The third-order valence-electron chi connectivity index (χ3n) is 3.91. The fraction of sp³-hybridized carbons (Fsp3) is 0.467. The van der Waals surface area contributed by atoms with Crippen LogP contribution in [0.1, 0.15) is 42.5 Å². The van der Waals surface area contributed by atoms with Gasteiger partial charge in [0.1, 0.15) is 23.6 Å². The largest absolute Gasteiger partial charge is 0.351 e. The monoisotopic (exact) mass is 363 g/mol. The summed E-state index contributed by atoms with van der Waals surface area (Å²) in [4.78, 5) is 35.1. The van der Waals surface area contributed by atoms with Gasteiger partial charge in [-0.25, -0.2) is 0 Å². The van der Waals surface area contributed by atoms with E-state index in [1.165, 1.54) is 22.5 Å². The number of rotatable bonds is 7. The van der Waals surface area contributed by atoms with Crippen LogP contribution in [0.2, 0.25) is 0 Å². The van der Waals surface area contributed by atoms with E-state index in [-0.39, 0.29) is 28.7 Å². The molecule has 140 valence electrons. The molecule has 26 heavy (non-hydrogen) atoms. The maximum absolute atomic E-state index is 12.5. The molecule has 0 aliphatic rings. The molecule has 2 heterocycles. The first-order valence-corrected chi connectivity index (χ1v) is 8.07. The average molecular weight is 363 g/mol. The van der Waals surface area contributed by atoms with E-state index in [0.29, 0.717) is 6.54 Å². The highest BCUT2D eigenvalue weighted by molar-refractivity contribution is 6.03. The van der Waals surface area contributed by atoms with E-state index in [0.717, 1.165) is 12.6 Å². The van der Waals surface area contributed by atoms with Gasteiger partial charge in [-0.2, -0.15) is 10.2 Å². The van der Waals surface area contributed by atoms with Gasteiger partial charge in [-0.15, -0.1) is 0 Å². The molecule has 1 atom stereocenters. The Morgan fingerprint density at radius 2 is 2.04 bits per heavy atom. The van der Waals surface area contributed by atoms with Crippen LogP contribution in [0.5, 0.6) is 0 Å². The molecule has 0 spiro atoms. The van der Waals surface area contributed by atoms with Gasteiger partial charge in [0.2, 0.25) is 5.91 Å². The summed E-state index contributed by atoms with van der Waals surface area (Å²) in [6, 6.07) is -0.810. The molecular weight excluding hydrogens is 342 g/mol. The van der Waals surface area contributed by atoms with Crippen LogP contribution in [0.25, 0.3) is 0 Å². The van der Waals surface area contributed by atoms with Gasteiger partial charge in [-0.05, 0) is 20.3 Å². The first-order valence-electron chi connectivity index (χ1n) is 8.07. The number of amides is 2. The van der Waals surface area contributed by atoms with Crippen molar-refractivity contribution in [1.29, 1.82) is 0 Å². The Bertz CT molecular complexity index is 839. The molecule has 2 rings (SSSR count). The summed E-state index contributed by atoms with van der Waals surface area (Å²) in [6.07, 6.45) is 3.26. The minimum absolute atomic E-state index is 0.161. The molecule has 0 bridgehead atoms. The Balaban J connectivity index is 2.20. The van der Waals surface area contributed by atoms with Crippen LogP contribution in [0.3, 0.4) is 0 Å². The number of carbonyl (C=O) groups is 2. The second-order valence-electron chi connectivity index (χ2n) is 5.77. The zero-order chi connectivity index (χ0) is 19.4. The molecule has 0 saturated carbocycles. The van der Waals surface area contributed by atoms with Crippen LogP contribution < -0.4 is 10.6 Å². The molecular formula is C15H21N7O4. The Morgan fingerprint density at radius 1 is 1.35 bits per heavy atom. The normalized spacial score (nSPS) is 11.8. The van der Waals surface area contributed by atoms with Crippen molar-refractivity contribution >= 4 is 23.2 Å². The highest BCUT2D eigenvalue weighted by Crippen LogP contribution is 2.22. The van der Waals surface area contributed by atoms with Gasteiger partial charge in [0.15, 0.2) is 0 Å². The van der Waals surface area contributed by atoms with E-state index >= 15 is 0 Å². The zero-order valence-corrected chi connectivity index (χ0v) is 15.0. The minimum Gasteiger partial charge on any atom is -0.351 e.